The van der Waals surface area contributed by atoms with Gasteiger partial charge in [-0.05, 0) is 36.4 Å². The molecule has 3 rings (SSSR count). The number of anilines is 1. The fourth-order valence-electron chi connectivity index (χ4n) is 1.81. The van der Waals surface area contributed by atoms with Crippen LogP contribution in [0.5, 0.6) is 5.75 Å². The van der Waals surface area contributed by atoms with Crippen molar-refractivity contribution in [1.29, 1.82) is 0 Å². The van der Waals surface area contributed by atoms with E-state index >= 15 is 0 Å². The van der Waals surface area contributed by atoms with Crippen LogP contribution in [0.15, 0.2) is 45.3 Å². The highest BCUT2D eigenvalue weighted by molar-refractivity contribution is 9.10. The average molecular weight is 428 g/mol. The lowest BCUT2D eigenvalue weighted by Crippen LogP contribution is -2.11. The summed E-state index contributed by atoms with van der Waals surface area (Å²) in [5, 5.41) is 13.0. The number of aromatic hydroxyl groups is 1. The minimum absolute atomic E-state index is 0.0780. The van der Waals surface area contributed by atoms with Crippen molar-refractivity contribution in [3.05, 3.63) is 50.9 Å². The van der Waals surface area contributed by atoms with Gasteiger partial charge in [-0.15, -0.1) is 0 Å². The third-order valence-electron chi connectivity index (χ3n) is 2.78. The number of phenolic OH excluding ortho intramolecular Hbond substituents is 1. The zero-order valence-corrected chi connectivity index (χ0v) is 14.4. The van der Waals surface area contributed by atoms with Gasteiger partial charge in [0, 0.05) is 8.95 Å². The van der Waals surface area contributed by atoms with Crippen LogP contribution in [0.2, 0.25) is 0 Å². The van der Waals surface area contributed by atoms with Gasteiger partial charge in [0.1, 0.15) is 5.75 Å². The molecule has 0 bridgehead atoms. The summed E-state index contributed by atoms with van der Waals surface area (Å²) in [5.41, 5.74) is 1.03. The third-order valence-corrected chi connectivity index (χ3v) is 4.70. The Kier molecular flexibility index (Phi) is 3.97. The van der Waals surface area contributed by atoms with Gasteiger partial charge in [-0.1, -0.05) is 43.2 Å². The number of nitrogens with zero attached hydrogens (tertiary/aromatic N) is 1. The molecule has 0 aliphatic carbocycles. The minimum atomic E-state index is -0.391. The van der Waals surface area contributed by atoms with E-state index in [0.717, 1.165) is 14.7 Å². The summed E-state index contributed by atoms with van der Waals surface area (Å²) >= 11 is 8.01. The molecular formula is C14H8Br2N2O2S. The molecule has 0 spiro atoms. The quantitative estimate of drug-likeness (QED) is 0.618. The van der Waals surface area contributed by atoms with Crippen molar-refractivity contribution in [1.82, 2.24) is 4.98 Å². The number of amides is 1. The Morgan fingerprint density at radius 3 is 2.62 bits per heavy atom. The van der Waals surface area contributed by atoms with Gasteiger partial charge in [-0.2, -0.15) is 0 Å². The molecule has 2 aromatic carbocycles. The van der Waals surface area contributed by atoms with Crippen LogP contribution in [-0.4, -0.2) is 16.0 Å². The van der Waals surface area contributed by atoms with Crippen LogP contribution in [0.25, 0.3) is 10.2 Å². The molecule has 1 aromatic heterocycles. The average Bonchev–Trinajstić information content (AvgIpc) is 2.79. The number of rotatable bonds is 2. The molecule has 7 heteroatoms. The highest BCUT2D eigenvalue weighted by atomic mass is 79.9. The maximum atomic E-state index is 12.2. The fourth-order valence-corrected chi connectivity index (χ4v) is 3.57. The Morgan fingerprint density at radius 2 is 1.86 bits per heavy atom. The Hall–Kier alpha value is -1.44. The molecule has 0 unspecified atom stereocenters. The SMILES string of the molecule is O=C(Nc1nc2ccc(Br)cc2s1)c1ccc(Br)cc1O. The maximum Gasteiger partial charge on any atom is 0.261 e. The maximum absolute atomic E-state index is 12.2. The normalized spacial score (nSPS) is 10.8. The first-order valence-corrected chi connectivity index (χ1v) is 8.29. The fraction of sp³-hybridized carbons (Fsp3) is 0. The van der Waals surface area contributed by atoms with Crippen LogP contribution in [0, 0.1) is 0 Å². The Balaban J connectivity index is 1.89. The summed E-state index contributed by atoms with van der Waals surface area (Å²) in [6.07, 6.45) is 0. The number of hydrogen-bond donors (Lipinski definition) is 2. The second kappa shape index (κ2) is 5.75. The molecule has 0 aliphatic heterocycles. The summed E-state index contributed by atoms with van der Waals surface area (Å²) in [7, 11) is 0. The number of phenols is 1. The van der Waals surface area contributed by atoms with Crippen molar-refractivity contribution in [2.45, 2.75) is 0 Å². The van der Waals surface area contributed by atoms with Crippen LogP contribution in [-0.2, 0) is 0 Å². The summed E-state index contributed by atoms with van der Waals surface area (Å²) in [4.78, 5) is 16.5. The zero-order valence-electron chi connectivity index (χ0n) is 10.4. The van der Waals surface area contributed by atoms with Gasteiger partial charge in [0.15, 0.2) is 5.13 Å². The number of nitrogens with one attached hydrogen (secondary N) is 1. The molecule has 2 N–H and O–H groups in total. The number of halogens is 2. The predicted octanol–water partition coefficient (Wildman–Crippen LogP) is 4.78. The molecule has 0 saturated heterocycles. The molecular weight excluding hydrogens is 420 g/mol. The van der Waals surface area contributed by atoms with Crippen LogP contribution < -0.4 is 5.32 Å². The Bertz CT molecular complexity index is 848. The molecule has 1 heterocycles. The van der Waals surface area contributed by atoms with Gasteiger partial charge in [0.05, 0.1) is 15.8 Å². The summed E-state index contributed by atoms with van der Waals surface area (Å²) in [5.74, 6) is -0.469. The molecule has 0 fully saturated rings. The minimum Gasteiger partial charge on any atom is -0.507 e. The van der Waals surface area contributed by atoms with Crippen LogP contribution in [0.1, 0.15) is 10.4 Å². The van der Waals surface area contributed by atoms with Gasteiger partial charge in [0.2, 0.25) is 0 Å². The lowest BCUT2D eigenvalue weighted by Gasteiger charge is -2.04. The standard InChI is InChI=1S/C14H8Br2N2O2S/c15-7-1-3-9(11(19)5-7)13(20)18-14-17-10-4-2-8(16)6-12(10)21-14/h1-6,19H,(H,17,18,20). The van der Waals surface area contributed by atoms with E-state index in [4.69, 9.17) is 0 Å². The first-order chi connectivity index (χ1) is 10.0. The topological polar surface area (TPSA) is 62.2 Å². The van der Waals surface area contributed by atoms with E-state index in [0.29, 0.717) is 9.60 Å². The summed E-state index contributed by atoms with van der Waals surface area (Å²) < 4.78 is 2.64. The van der Waals surface area contributed by atoms with Crippen molar-refractivity contribution >= 4 is 64.5 Å². The smallest absolute Gasteiger partial charge is 0.261 e. The molecule has 0 aliphatic rings. The van der Waals surface area contributed by atoms with Crippen molar-refractivity contribution in [3.63, 3.8) is 0 Å². The number of benzene rings is 2. The number of fused-ring (bicyclic) bond motifs is 1. The van der Waals surface area contributed by atoms with E-state index in [1.54, 1.807) is 12.1 Å². The highest BCUT2D eigenvalue weighted by Gasteiger charge is 2.14. The molecule has 0 radical (unpaired) electrons. The van der Waals surface area contributed by atoms with Crippen molar-refractivity contribution in [3.8, 4) is 5.75 Å². The van der Waals surface area contributed by atoms with Gasteiger partial charge in [-0.3, -0.25) is 10.1 Å². The second-order valence-electron chi connectivity index (χ2n) is 4.25. The number of carbonyl (C=O) groups is 1. The molecule has 0 atom stereocenters. The molecule has 4 nitrogen and oxygen atoms in total. The van der Waals surface area contributed by atoms with E-state index in [1.165, 1.54) is 17.4 Å². The van der Waals surface area contributed by atoms with Crippen molar-refractivity contribution in [2.24, 2.45) is 0 Å². The van der Waals surface area contributed by atoms with Gasteiger partial charge < -0.3 is 5.11 Å². The first kappa shape index (κ1) is 14.5. The van der Waals surface area contributed by atoms with E-state index in [1.807, 2.05) is 18.2 Å². The Labute approximate surface area is 141 Å². The number of hydrogen-bond acceptors (Lipinski definition) is 4. The van der Waals surface area contributed by atoms with Crippen LogP contribution in [0.3, 0.4) is 0 Å². The van der Waals surface area contributed by atoms with E-state index < -0.39 is 5.91 Å². The lowest BCUT2D eigenvalue weighted by molar-refractivity contribution is 0.102. The van der Waals surface area contributed by atoms with Gasteiger partial charge >= 0.3 is 0 Å². The molecule has 3 aromatic rings. The summed E-state index contributed by atoms with van der Waals surface area (Å²) in [6.45, 7) is 0. The third kappa shape index (κ3) is 3.09. The van der Waals surface area contributed by atoms with E-state index in [9.17, 15) is 9.90 Å². The monoisotopic (exact) mass is 426 g/mol. The zero-order chi connectivity index (χ0) is 15.0. The molecule has 21 heavy (non-hydrogen) atoms. The number of aromatic nitrogens is 1. The number of thiazole rings is 1. The molecule has 106 valence electrons. The largest absolute Gasteiger partial charge is 0.507 e. The lowest BCUT2D eigenvalue weighted by atomic mass is 10.2. The first-order valence-electron chi connectivity index (χ1n) is 5.89. The van der Waals surface area contributed by atoms with Gasteiger partial charge in [-0.25, -0.2) is 4.98 Å². The molecule has 1 amide bonds. The van der Waals surface area contributed by atoms with E-state index in [2.05, 4.69) is 42.2 Å². The number of carbonyl (C=O) groups excluding carboxylic acids is 1. The van der Waals surface area contributed by atoms with Crippen LogP contribution in [0.4, 0.5) is 5.13 Å². The highest BCUT2D eigenvalue weighted by Crippen LogP contribution is 2.29. The molecule has 0 saturated carbocycles. The van der Waals surface area contributed by atoms with Crippen LogP contribution >= 0.6 is 43.2 Å². The predicted molar refractivity (Wildman–Crippen MR) is 91.1 cm³/mol. The van der Waals surface area contributed by atoms with Crippen molar-refractivity contribution < 1.29 is 9.90 Å². The summed E-state index contributed by atoms with van der Waals surface area (Å²) in [6, 6.07) is 10.4. The Morgan fingerprint density at radius 1 is 1.14 bits per heavy atom. The van der Waals surface area contributed by atoms with Crippen molar-refractivity contribution in [2.75, 3.05) is 5.32 Å². The second-order valence-corrected chi connectivity index (χ2v) is 7.11. The van der Waals surface area contributed by atoms with Gasteiger partial charge in [0.25, 0.3) is 5.91 Å². The van der Waals surface area contributed by atoms with E-state index in [-0.39, 0.29) is 11.3 Å².